The second-order valence-electron chi connectivity index (χ2n) is 3.92. The second kappa shape index (κ2) is 6.62. The van der Waals surface area contributed by atoms with Crippen molar-refractivity contribution in [3.63, 3.8) is 0 Å². The zero-order valence-corrected chi connectivity index (χ0v) is 11.4. The van der Waals surface area contributed by atoms with Crippen LogP contribution in [0.15, 0.2) is 35.2 Å². The topological polar surface area (TPSA) is 103 Å². The van der Waals surface area contributed by atoms with Gasteiger partial charge in [0, 0.05) is 29.2 Å². The summed E-state index contributed by atoms with van der Waals surface area (Å²) in [6, 6.07) is 4.00. The van der Waals surface area contributed by atoms with Crippen molar-refractivity contribution >= 4 is 29.1 Å². The van der Waals surface area contributed by atoms with Gasteiger partial charge in [0.25, 0.3) is 5.69 Å². The van der Waals surface area contributed by atoms with Gasteiger partial charge in [-0.25, -0.2) is 9.78 Å². The van der Waals surface area contributed by atoms with Crippen molar-refractivity contribution < 1.29 is 19.6 Å². The molecule has 0 saturated heterocycles. The summed E-state index contributed by atoms with van der Waals surface area (Å²) in [5.41, 5.74) is 2.58. The van der Waals surface area contributed by atoms with Gasteiger partial charge in [-0.1, -0.05) is 0 Å². The third-order valence-electron chi connectivity index (χ3n) is 2.47. The standard InChI is InChI=1S/C13H10N2O5S/c16-13(17)4-1-9-5-11(15(18)19)2-3-12(9)20-6-10-7-21-8-14-10/h1-5,7-8H,6H2,(H,16,17)/b4-1+. The Morgan fingerprint density at radius 2 is 2.33 bits per heavy atom. The molecule has 0 saturated carbocycles. The highest BCUT2D eigenvalue weighted by atomic mass is 32.1. The highest BCUT2D eigenvalue weighted by molar-refractivity contribution is 7.07. The fraction of sp³-hybridized carbons (Fsp3) is 0.0769. The number of rotatable bonds is 6. The van der Waals surface area contributed by atoms with Crippen molar-refractivity contribution in [1.82, 2.24) is 4.98 Å². The molecule has 0 unspecified atom stereocenters. The van der Waals surface area contributed by atoms with Gasteiger partial charge in [0.05, 0.1) is 16.1 Å². The van der Waals surface area contributed by atoms with Gasteiger partial charge in [-0.3, -0.25) is 10.1 Å². The molecule has 0 bridgehead atoms. The first-order valence-electron chi connectivity index (χ1n) is 5.75. The maximum Gasteiger partial charge on any atom is 0.328 e. The molecule has 2 rings (SSSR count). The fourth-order valence-corrected chi connectivity index (χ4v) is 2.08. The predicted octanol–water partition coefficient (Wildman–Crippen LogP) is 2.73. The van der Waals surface area contributed by atoms with Gasteiger partial charge in [-0.05, 0) is 12.1 Å². The molecule has 1 aromatic heterocycles. The maximum atomic E-state index is 10.8. The van der Waals surface area contributed by atoms with E-state index in [-0.39, 0.29) is 12.3 Å². The maximum absolute atomic E-state index is 10.8. The van der Waals surface area contributed by atoms with Gasteiger partial charge in [0.1, 0.15) is 12.4 Å². The van der Waals surface area contributed by atoms with Crippen LogP contribution >= 0.6 is 11.3 Å². The van der Waals surface area contributed by atoms with E-state index in [4.69, 9.17) is 9.84 Å². The van der Waals surface area contributed by atoms with Crippen LogP contribution in [0.25, 0.3) is 6.08 Å². The summed E-state index contributed by atoms with van der Waals surface area (Å²) in [7, 11) is 0. The summed E-state index contributed by atoms with van der Waals surface area (Å²) < 4.78 is 5.53. The van der Waals surface area contributed by atoms with Gasteiger partial charge in [-0.15, -0.1) is 11.3 Å². The lowest BCUT2D eigenvalue weighted by atomic mass is 10.1. The van der Waals surface area contributed by atoms with Gasteiger partial charge < -0.3 is 9.84 Å². The van der Waals surface area contributed by atoms with E-state index in [1.165, 1.54) is 35.6 Å². The lowest BCUT2D eigenvalue weighted by Gasteiger charge is -2.07. The quantitative estimate of drug-likeness (QED) is 0.500. The fourth-order valence-electron chi connectivity index (χ4n) is 1.53. The Labute approximate surface area is 123 Å². The number of hydrogen-bond acceptors (Lipinski definition) is 6. The average molecular weight is 306 g/mol. The largest absolute Gasteiger partial charge is 0.487 e. The lowest BCUT2D eigenvalue weighted by Crippen LogP contribution is -1.98. The highest BCUT2D eigenvalue weighted by Crippen LogP contribution is 2.26. The number of aromatic nitrogens is 1. The van der Waals surface area contributed by atoms with Crippen LogP contribution in [0.1, 0.15) is 11.3 Å². The summed E-state index contributed by atoms with van der Waals surface area (Å²) in [6.07, 6.45) is 2.15. The minimum absolute atomic E-state index is 0.138. The van der Waals surface area contributed by atoms with Crippen LogP contribution in [-0.4, -0.2) is 21.0 Å². The van der Waals surface area contributed by atoms with Crippen molar-refractivity contribution in [3.8, 4) is 5.75 Å². The molecule has 0 fully saturated rings. The van der Waals surface area contributed by atoms with E-state index in [2.05, 4.69) is 4.98 Å². The van der Waals surface area contributed by atoms with Crippen molar-refractivity contribution in [1.29, 1.82) is 0 Å². The Morgan fingerprint density at radius 1 is 1.52 bits per heavy atom. The first kappa shape index (κ1) is 14.7. The molecule has 108 valence electrons. The van der Waals surface area contributed by atoms with Crippen LogP contribution in [0, 0.1) is 10.1 Å². The summed E-state index contributed by atoms with van der Waals surface area (Å²) in [5.74, 6) is -0.793. The van der Waals surface area contributed by atoms with Crippen LogP contribution in [0.5, 0.6) is 5.75 Å². The van der Waals surface area contributed by atoms with Gasteiger partial charge in [0.15, 0.2) is 0 Å². The second-order valence-corrected chi connectivity index (χ2v) is 4.64. The number of nitro benzene ring substituents is 1. The molecule has 8 heteroatoms. The van der Waals surface area contributed by atoms with Gasteiger partial charge in [-0.2, -0.15) is 0 Å². The number of carboxylic acid groups (broad SMARTS) is 1. The number of nitro groups is 1. The van der Waals surface area contributed by atoms with Crippen LogP contribution in [0.2, 0.25) is 0 Å². The Kier molecular flexibility index (Phi) is 4.62. The predicted molar refractivity (Wildman–Crippen MR) is 76.2 cm³/mol. The van der Waals surface area contributed by atoms with Crippen molar-refractivity contribution in [2.45, 2.75) is 6.61 Å². The Morgan fingerprint density at radius 3 is 2.95 bits per heavy atom. The molecule has 1 aromatic carbocycles. The van der Waals surface area contributed by atoms with E-state index in [1.54, 1.807) is 5.51 Å². The molecule has 1 heterocycles. The smallest absolute Gasteiger partial charge is 0.328 e. The highest BCUT2D eigenvalue weighted by Gasteiger charge is 2.11. The number of hydrogen-bond donors (Lipinski definition) is 1. The number of aliphatic carboxylic acids is 1. The number of carboxylic acids is 1. The molecule has 0 amide bonds. The first-order chi connectivity index (χ1) is 10.1. The Hall–Kier alpha value is -2.74. The van der Waals surface area contributed by atoms with Crippen molar-refractivity contribution in [3.05, 3.63) is 56.5 Å². The number of nitrogens with zero attached hydrogens (tertiary/aromatic N) is 2. The van der Waals surface area contributed by atoms with E-state index >= 15 is 0 Å². The SMILES string of the molecule is O=C(O)/C=C/c1cc([N+](=O)[O-])ccc1OCc1cscn1. The van der Waals surface area contributed by atoms with E-state index in [9.17, 15) is 14.9 Å². The van der Waals surface area contributed by atoms with Crippen molar-refractivity contribution in [2.24, 2.45) is 0 Å². The van der Waals surface area contributed by atoms with E-state index < -0.39 is 10.9 Å². The number of non-ortho nitro benzene ring substituents is 1. The third-order valence-corrected chi connectivity index (χ3v) is 3.10. The molecule has 0 aliphatic rings. The molecule has 1 N–H and O–H groups in total. The molecule has 21 heavy (non-hydrogen) atoms. The summed E-state index contributed by atoms with van der Waals surface area (Å²) in [5, 5.41) is 21.2. The molecular formula is C13H10N2O5S. The number of thiazole rings is 1. The van der Waals surface area contributed by atoms with Crippen LogP contribution < -0.4 is 4.74 Å². The van der Waals surface area contributed by atoms with Gasteiger partial charge >= 0.3 is 5.97 Å². The van der Waals surface area contributed by atoms with E-state index in [0.29, 0.717) is 11.3 Å². The summed E-state index contributed by atoms with van der Waals surface area (Å²) in [6.45, 7) is 0.204. The molecule has 0 spiro atoms. The molecule has 0 atom stereocenters. The summed E-state index contributed by atoms with van der Waals surface area (Å²) >= 11 is 1.43. The average Bonchev–Trinajstić information content (AvgIpc) is 2.96. The number of ether oxygens (including phenoxy) is 1. The molecule has 0 radical (unpaired) electrons. The third kappa shape index (κ3) is 4.11. The number of benzene rings is 1. The molecular weight excluding hydrogens is 296 g/mol. The zero-order chi connectivity index (χ0) is 15.2. The Balaban J connectivity index is 2.25. The molecule has 2 aromatic rings. The van der Waals surface area contributed by atoms with Crippen LogP contribution in [-0.2, 0) is 11.4 Å². The van der Waals surface area contributed by atoms with Crippen LogP contribution in [0.3, 0.4) is 0 Å². The van der Waals surface area contributed by atoms with E-state index in [1.807, 2.05) is 5.38 Å². The normalized spacial score (nSPS) is 10.7. The first-order valence-corrected chi connectivity index (χ1v) is 6.70. The number of carbonyl (C=O) groups is 1. The minimum atomic E-state index is -1.15. The minimum Gasteiger partial charge on any atom is -0.487 e. The zero-order valence-electron chi connectivity index (χ0n) is 10.6. The van der Waals surface area contributed by atoms with E-state index in [0.717, 1.165) is 11.8 Å². The lowest BCUT2D eigenvalue weighted by molar-refractivity contribution is -0.384. The monoisotopic (exact) mass is 306 g/mol. The molecule has 7 nitrogen and oxygen atoms in total. The Bertz CT molecular complexity index is 682. The molecule has 0 aliphatic heterocycles. The molecule has 0 aliphatic carbocycles. The van der Waals surface area contributed by atoms with Crippen LogP contribution in [0.4, 0.5) is 5.69 Å². The van der Waals surface area contributed by atoms with Crippen molar-refractivity contribution in [2.75, 3.05) is 0 Å². The summed E-state index contributed by atoms with van der Waals surface area (Å²) in [4.78, 5) is 24.8. The van der Waals surface area contributed by atoms with Gasteiger partial charge in [0.2, 0.25) is 0 Å².